The number of nitrogens with two attached hydrogens (primary N) is 1. The van der Waals surface area contributed by atoms with Crippen LogP contribution in [0.15, 0.2) is 38.6 Å². The molecule has 32 heavy (non-hydrogen) atoms. The fraction of sp³-hybridized carbons (Fsp3) is 0.222. The number of benzene rings is 1. The van der Waals surface area contributed by atoms with E-state index in [0.29, 0.717) is 5.56 Å². The van der Waals surface area contributed by atoms with Gasteiger partial charge in [-0.05, 0) is 36.2 Å². The fourth-order valence-electron chi connectivity index (χ4n) is 3.18. The Morgan fingerprint density at radius 1 is 1.34 bits per heavy atom. The Morgan fingerprint density at radius 2 is 2.03 bits per heavy atom. The molecule has 1 aromatic carbocycles. The maximum atomic E-state index is 14.7. The molecule has 3 aromatic rings. The Kier molecular flexibility index (Phi) is 6.69. The quantitative estimate of drug-likeness (QED) is 0.445. The summed E-state index contributed by atoms with van der Waals surface area (Å²) in [5, 5.41) is 5.21. The van der Waals surface area contributed by atoms with E-state index in [-0.39, 0.29) is 21.5 Å². The van der Waals surface area contributed by atoms with E-state index in [9.17, 15) is 22.4 Å². The molecule has 0 radical (unpaired) electrons. The molecule has 0 fully saturated rings. The number of nitrogens with one attached hydrogen (secondary N) is 2. The van der Waals surface area contributed by atoms with Gasteiger partial charge in [0.15, 0.2) is 5.03 Å². The summed E-state index contributed by atoms with van der Waals surface area (Å²) in [5.41, 5.74) is 5.21. The van der Waals surface area contributed by atoms with Gasteiger partial charge in [-0.1, -0.05) is 30.1 Å². The minimum atomic E-state index is -4.57. The lowest BCUT2D eigenvalue weighted by Gasteiger charge is -2.24. The first-order chi connectivity index (χ1) is 14.9. The molecule has 3 rings (SSSR count). The van der Waals surface area contributed by atoms with Crippen LogP contribution in [0.4, 0.5) is 4.39 Å². The van der Waals surface area contributed by atoms with Crippen molar-refractivity contribution in [3.63, 3.8) is 0 Å². The van der Waals surface area contributed by atoms with Crippen molar-refractivity contribution in [3.05, 3.63) is 73.4 Å². The van der Waals surface area contributed by atoms with E-state index in [1.54, 1.807) is 6.92 Å². The third-order valence-corrected chi connectivity index (χ3v) is 6.71. The first-order valence-electron chi connectivity index (χ1n) is 8.90. The minimum absolute atomic E-state index is 0.0161. The summed E-state index contributed by atoms with van der Waals surface area (Å²) in [5.74, 6) is -4.06. The number of sulfonamides is 1. The number of nitrogens with zero attached hydrogens (tertiary/aromatic N) is 2. The number of carbonyl (C=O) groups is 1. The molecule has 14 heteroatoms. The van der Waals surface area contributed by atoms with Crippen LogP contribution in [0.3, 0.4) is 0 Å². The van der Waals surface area contributed by atoms with Gasteiger partial charge in [-0.25, -0.2) is 27.7 Å². The third kappa shape index (κ3) is 4.67. The second kappa shape index (κ2) is 8.98. The van der Waals surface area contributed by atoms with Gasteiger partial charge in [-0.15, -0.1) is 5.10 Å². The Bertz CT molecular complexity index is 1360. The molecule has 1 amide bonds. The van der Waals surface area contributed by atoms with Crippen molar-refractivity contribution >= 4 is 39.1 Å². The number of rotatable bonds is 7. The van der Waals surface area contributed by atoms with E-state index in [1.165, 1.54) is 13.0 Å². The van der Waals surface area contributed by atoms with E-state index in [2.05, 4.69) is 14.8 Å². The van der Waals surface area contributed by atoms with Crippen LogP contribution in [0.1, 0.15) is 46.3 Å². The summed E-state index contributed by atoms with van der Waals surface area (Å²) in [6.45, 7) is 3.03. The van der Waals surface area contributed by atoms with Gasteiger partial charge in [0, 0.05) is 17.1 Å². The molecule has 0 aliphatic rings. The van der Waals surface area contributed by atoms with Crippen LogP contribution in [-0.2, 0) is 10.0 Å². The van der Waals surface area contributed by atoms with Crippen LogP contribution in [-0.4, -0.2) is 29.5 Å². The highest BCUT2D eigenvalue weighted by molar-refractivity contribution is 7.89. The lowest BCUT2D eigenvalue weighted by molar-refractivity contribution is 0.0996. The van der Waals surface area contributed by atoms with E-state index in [4.69, 9.17) is 33.4 Å². The lowest BCUT2D eigenvalue weighted by atomic mass is 9.90. The molecule has 0 bridgehead atoms. The largest absolute Gasteiger partial charge is 0.434 e. The highest BCUT2D eigenvalue weighted by Gasteiger charge is 2.35. The summed E-state index contributed by atoms with van der Waals surface area (Å²) in [4.78, 5) is 27.0. The van der Waals surface area contributed by atoms with E-state index in [1.807, 2.05) is 5.10 Å². The summed E-state index contributed by atoms with van der Waals surface area (Å²) in [6, 6.07) is 2.12. The number of carbonyl (C=O) groups excluding carboxylic acids is 1. The van der Waals surface area contributed by atoms with Gasteiger partial charge in [0.25, 0.3) is 15.9 Å². The van der Waals surface area contributed by atoms with Crippen molar-refractivity contribution in [2.45, 2.75) is 30.8 Å². The Labute approximate surface area is 191 Å². The summed E-state index contributed by atoms with van der Waals surface area (Å²) < 4.78 is 48.1. The van der Waals surface area contributed by atoms with Crippen molar-refractivity contribution in [2.75, 3.05) is 0 Å². The molecule has 0 unspecified atom stereocenters. The second-order valence-corrected chi connectivity index (χ2v) is 9.25. The maximum absolute atomic E-state index is 14.7. The van der Waals surface area contributed by atoms with E-state index in [0.717, 1.165) is 18.3 Å². The molecule has 4 N–H and O–H groups in total. The Balaban J connectivity index is 2.14. The number of halogens is 3. The number of H-pyrrole nitrogens is 1. The molecule has 10 nitrogen and oxygen atoms in total. The smallest absolute Gasteiger partial charge is 0.391 e. The topological polar surface area (TPSA) is 161 Å². The normalized spacial score (nSPS) is 13.7. The number of aromatic nitrogens is 3. The molecule has 2 heterocycles. The van der Waals surface area contributed by atoms with Crippen LogP contribution < -0.4 is 16.2 Å². The number of hydrogen-bond donors (Lipinski definition) is 3. The zero-order valence-corrected chi connectivity index (χ0v) is 18.8. The summed E-state index contributed by atoms with van der Waals surface area (Å²) >= 11 is 11.9. The van der Waals surface area contributed by atoms with Gasteiger partial charge >= 0.3 is 5.76 Å². The SMILES string of the molecule is Cc1c(Cl)ccc(F)c1[C@@H](C)[C@H](NS(=O)(=O)c1ncc(Cl)cc1C(N)=O)c1n[nH]c(=O)o1. The average molecular weight is 504 g/mol. The average Bonchev–Trinajstić information content (AvgIpc) is 3.15. The molecule has 0 aliphatic carbocycles. The van der Waals surface area contributed by atoms with Crippen LogP contribution >= 0.6 is 23.2 Å². The zero-order chi connectivity index (χ0) is 23.8. The van der Waals surface area contributed by atoms with E-state index >= 15 is 0 Å². The van der Waals surface area contributed by atoms with Crippen molar-refractivity contribution in [2.24, 2.45) is 5.73 Å². The predicted octanol–water partition coefficient (Wildman–Crippen LogP) is 2.43. The van der Waals surface area contributed by atoms with Crippen LogP contribution in [0, 0.1) is 12.7 Å². The first kappa shape index (κ1) is 23.9. The van der Waals surface area contributed by atoms with Gasteiger partial charge in [0.1, 0.15) is 11.9 Å². The molecule has 0 aliphatic heterocycles. The predicted molar refractivity (Wildman–Crippen MR) is 113 cm³/mol. The zero-order valence-electron chi connectivity index (χ0n) is 16.5. The van der Waals surface area contributed by atoms with Gasteiger partial charge in [0.2, 0.25) is 5.89 Å². The highest BCUT2D eigenvalue weighted by atomic mass is 35.5. The molecular weight excluding hydrogens is 488 g/mol. The minimum Gasteiger partial charge on any atom is -0.391 e. The van der Waals surface area contributed by atoms with Crippen molar-refractivity contribution in [3.8, 4) is 0 Å². The monoisotopic (exact) mass is 503 g/mol. The molecule has 2 aromatic heterocycles. The third-order valence-electron chi connectivity index (χ3n) is 4.69. The number of hydrogen-bond acceptors (Lipinski definition) is 7. The van der Waals surface area contributed by atoms with Crippen LogP contribution in [0.25, 0.3) is 0 Å². The molecule has 170 valence electrons. The Hall–Kier alpha value is -2.80. The highest BCUT2D eigenvalue weighted by Crippen LogP contribution is 2.36. The van der Waals surface area contributed by atoms with Gasteiger partial charge in [-0.2, -0.15) is 4.72 Å². The van der Waals surface area contributed by atoms with Gasteiger partial charge in [-0.3, -0.25) is 4.79 Å². The standard InChI is InChI=1S/C18H16Cl2FN5O5S/c1-7-11(20)3-4-12(21)13(7)8(2)14(16-24-25-18(28)31-16)26-32(29,30)17-10(15(22)27)5-9(19)6-23-17/h3-6,8,14,26H,1-2H3,(H2,22,27)(H,25,28)/t8-,14+/m1/s1. The van der Waals surface area contributed by atoms with Gasteiger partial charge in [0.05, 0.1) is 10.6 Å². The number of amides is 1. The second-order valence-electron chi connectivity index (χ2n) is 6.78. The summed E-state index contributed by atoms with van der Waals surface area (Å²) in [7, 11) is -4.57. The molecule has 0 saturated carbocycles. The molecule has 0 spiro atoms. The van der Waals surface area contributed by atoms with Crippen molar-refractivity contribution in [1.29, 1.82) is 0 Å². The molecular formula is C18H16Cl2FN5O5S. The first-order valence-corrected chi connectivity index (χ1v) is 11.1. The lowest BCUT2D eigenvalue weighted by Crippen LogP contribution is -2.34. The van der Waals surface area contributed by atoms with Gasteiger partial charge < -0.3 is 10.2 Å². The maximum Gasteiger partial charge on any atom is 0.434 e. The summed E-state index contributed by atoms with van der Waals surface area (Å²) in [6.07, 6.45) is 1.01. The molecule has 0 saturated heterocycles. The number of aromatic amines is 1. The number of primary amides is 1. The Morgan fingerprint density at radius 3 is 2.62 bits per heavy atom. The van der Waals surface area contributed by atoms with E-state index < -0.39 is 50.1 Å². The fourth-order valence-corrected chi connectivity index (χ4v) is 4.89. The van der Waals surface area contributed by atoms with Crippen LogP contribution in [0.5, 0.6) is 0 Å². The number of pyridine rings is 1. The van der Waals surface area contributed by atoms with Crippen molar-refractivity contribution < 1.29 is 22.0 Å². The molecule has 2 atom stereocenters. The van der Waals surface area contributed by atoms with Crippen molar-refractivity contribution in [1.82, 2.24) is 19.9 Å². The van der Waals surface area contributed by atoms with Crippen LogP contribution in [0.2, 0.25) is 10.0 Å².